The van der Waals surface area contributed by atoms with Crippen LogP contribution in [0.2, 0.25) is 0 Å². The third-order valence-corrected chi connectivity index (χ3v) is 6.21. The molecule has 0 aromatic heterocycles. The van der Waals surface area contributed by atoms with Crippen molar-refractivity contribution in [2.24, 2.45) is 0 Å². The average molecular weight is 467 g/mol. The summed E-state index contributed by atoms with van der Waals surface area (Å²) in [5.74, 6) is -1.29. The number of carboxylic acids is 1. The van der Waals surface area contributed by atoms with Gasteiger partial charge in [-0.3, -0.25) is 0 Å². The topological polar surface area (TPSA) is 105 Å². The average Bonchev–Trinajstić information content (AvgIpc) is 3.06. The number of aliphatic carboxylic acids is 1. The maximum Gasteiger partial charge on any atom is 0.410 e. The normalized spacial score (nSPS) is 17.7. The van der Waals surface area contributed by atoms with E-state index in [1.54, 1.807) is 20.8 Å². The number of nitrogens with one attached hydrogen (secondary N) is 1. The standard InChI is InChI=1S/C26H30N2O6/c1-26(2,3)34-25(32)28-13-12-16(28)14-22(23(29)30)27-24(31)33-15-21-19-10-6-4-8-17(19)18-9-5-7-11-20(18)21/h4-11,16,21-22H,12-15H2,1-3H3,(H,27,31)(H,29,30). The molecule has 1 aliphatic heterocycles. The van der Waals surface area contributed by atoms with Gasteiger partial charge in [-0.1, -0.05) is 48.5 Å². The molecule has 2 atom stereocenters. The predicted octanol–water partition coefficient (Wildman–Crippen LogP) is 4.38. The second-order valence-electron chi connectivity index (χ2n) is 9.71. The van der Waals surface area contributed by atoms with E-state index in [9.17, 15) is 19.5 Å². The zero-order valence-corrected chi connectivity index (χ0v) is 19.6. The highest BCUT2D eigenvalue weighted by molar-refractivity contribution is 5.81. The van der Waals surface area contributed by atoms with E-state index in [0.717, 1.165) is 22.3 Å². The predicted molar refractivity (Wildman–Crippen MR) is 126 cm³/mol. The highest BCUT2D eigenvalue weighted by atomic mass is 16.6. The van der Waals surface area contributed by atoms with Crippen molar-refractivity contribution in [2.45, 2.75) is 57.2 Å². The zero-order valence-electron chi connectivity index (χ0n) is 19.6. The van der Waals surface area contributed by atoms with E-state index in [4.69, 9.17) is 9.47 Å². The number of amides is 2. The Morgan fingerprint density at radius 3 is 2.15 bits per heavy atom. The number of benzene rings is 2. The molecule has 0 spiro atoms. The lowest BCUT2D eigenvalue weighted by atomic mass is 9.96. The van der Waals surface area contributed by atoms with E-state index in [2.05, 4.69) is 5.32 Å². The molecule has 2 aliphatic rings. The van der Waals surface area contributed by atoms with Gasteiger partial charge in [-0.2, -0.15) is 0 Å². The maximum absolute atomic E-state index is 12.5. The summed E-state index contributed by atoms with van der Waals surface area (Å²) in [5, 5.41) is 12.1. The Morgan fingerprint density at radius 2 is 1.65 bits per heavy atom. The molecule has 0 radical (unpaired) electrons. The monoisotopic (exact) mass is 466 g/mol. The van der Waals surface area contributed by atoms with Crippen molar-refractivity contribution < 1.29 is 29.0 Å². The summed E-state index contributed by atoms with van der Waals surface area (Å²) in [6.45, 7) is 5.92. The fourth-order valence-electron chi connectivity index (χ4n) is 4.52. The first-order valence-corrected chi connectivity index (χ1v) is 11.5. The molecule has 2 amide bonds. The van der Waals surface area contributed by atoms with Gasteiger partial charge in [0.15, 0.2) is 0 Å². The number of fused-ring (bicyclic) bond motifs is 3. The molecular formula is C26H30N2O6. The van der Waals surface area contributed by atoms with Crippen molar-refractivity contribution in [1.82, 2.24) is 10.2 Å². The number of ether oxygens (including phenoxy) is 2. The Balaban J connectivity index is 1.35. The Kier molecular flexibility index (Phi) is 6.50. The van der Waals surface area contributed by atoms with Gasteiger partial charge >= 0.3 is 18.2 Å². The van der Waals surface area contributed by atoms with Crippen LogP contribution in [0.15, 0.2) is 48.5 Å². The van der Waals surface area contributed by atoms with Crippen molar-refractivity contribution in [3.8, 4) is 11.1 Å². The number of carbonyl (C=O) groups excluding carboxylic acids is 2. The Hall–Kier alpha value is -3.55. The lowest BCUT2D eigenvalue weighted by Gasteiger charge is -2.42. The molecule has 0 bridgehead atoms. The van der Waals surface area contributed by atoms with Crippen LogP contribution in [-0.4, -0.2) is 59.0 Å². The second-order valence-corrected chi connectivity index (χ2v) is 9.71. The SMILES string of the molecule is CC(C)(C)OC(=O)N1CCC1CC(NC(=O)OCC1c2ccccc2-c2ccccc21)C(=O)O. The molecule has 2 N–H and O–H groups in total. The summed E-state index contributed by atoms with van der Waals surface area (Å²) < 4.78 is 10.9. The Bertz CT molecular complexity index is 1050. The highest BCUT2D eigenvalue weighted by Gasteiger charge is 2.38. The lowest BCUT2D eigenvalue weighted by Crippen LogP contribution is -2.56. The van der Waals surface area contributed by atoms with Crippen molar-refractivity contribution in [3.05, 3.63) is 59.7 Å². The molecule has 4 rings (SSSR count). The molecule has 1 fully saturated rings. The Labute approximate surface area is 198 Å². The van der Waals surface area contributed by atoms with Crippen molar-refractivity contribution in [3.63, 3.8) is 0 Å². The van der Waals surface area contributed by atoms with Crippen LogP contribution in [0.1, 0.15) is 50.7 Å². The molecule has 0 saturated carbocycles. The summed E-state index contributed by atoms with van der Waals surface area (Å²) in [6.07, 6.45) is -0.541. The second kappa shape index (κ2) is 9.37. The number of likely N-dealkylation sites (tertiary alicyclic amines) is 1. The van der Waals surface area contributed by atoms with Crippen molar-refractivity contribution in [2.75, 3.05) is 13.2 Å². The van der Waals surface area contributed by atoms with Gasteiger partial charge in [0.2, 0.25) is 0 Å². The molecule has 1 aliphatic carbocycles. The molecule has 2 aromatic rings. The van der Waals surface area contributed by atoms with Crippen LogP contribution in [0.3, 0.4) is 0 Å². The summed E-state index contributed by atoms with van der Waals surface area (Å²) >= 11 is 0. The largest absolute Gasteiger partial charge is 0.480 e. The lowest BCUT2D eigenvalue weighted by molar-refractivity contribution is -0.140. The van der Waals surface area contributed by atoms with Crippen LogP contribution < -0.4 is 5.32 Å². The molecule has 180 valence electrons. The molecular weight excluding hydrogens is 436 g/mol. The van der Waals surface area contributed by atoms with E-state index in [0.29, 0.717) is 13.0 Å². The van der Waals surface area contributed by atoms with E-state index >= 15 is 0 Å². The first kappa shape index (κ1) is 23.6. The van der Waals surface area contributed by atoms with Gasteiger partial charge in [0.1, 0.15) is 18.2 Å². The van der Waals surface area contributed by atoms with Gasteiger partial charge in [-0.25, -0.2) is 14.4 Å². The third kappa shape index (κ3) is 5.00. The van der Waals surface area contributed by atoms with Crippen LogP contribution in [0.4, 0.5) is 9.59 Å². The number of carboxylic acid groups (broad SMARTS) is 1. The maximum atomic E-state index is 12.5. The number of nitrogens with zero attached hydrogens (tertiary/aromatic N) is 1. The van der Waals surface area contributed by atoms with Gasteiger partial charge in [0, 0.05) is 18.5 Å². The number of hydrogen-bond acceptors (Lipinski definition) is 5. The molecule has 1 heterocycles. The van der Waals surface area contributed by atoms with E-state index < -0.39 is 29.8 Å². The molecule has 2 aromatic carbocycles. The van der Waals surface area contributed by atoms with Crippen molar-refractivity contribution >= 4 is 18.2 Å². The van der Waals surface area contributed by atoms with Gasteiger partial charge in [0.05, 0.1) is 0 Å². The quantitative estimate of drug-likeness (QED) is 0.655. The third-order valence-electron chi connectivity index (χ3n) is 6.21. The first-order valence-electron chi connectivity index (χ1n) is 11.5. The van der Waals surface area contributed by atoms with Crippen LogP contribution >= 0.6 is 0 Å². The molecule has 2 unspecified atom stereocenters. The Morgan fingerprint density at radius 1 is 1.06 bits per heavy atom. The fraction of sp³-hybridized carbons (Fsp3) is 0.423. The summed E-state index contributed by atoms with van der Waals surface area (Å²) in [5.41, 5.74) is 3.75. The number of alkyl carbamates (subject to hydrolysis) is 1. The van der Waals surface area contributed by atoms with E-state index in [1.165, 1.54) is 4.90 Å². The van der Waals surface area contributed by atoms with Crippen LogP contribution in [-0.2, 0) is 14.3 Å². The number of rotatable bonds is 6. The van der Waals surface area contributed by atoms with Crippen LogP contribution in [0.5, 0.6) is 0 Å². The number of hydrogen-bond donors (Lipinski definition) is 2. The minimum absolute atomic E-state index is 0.0821. The van der Waals surface area contributed by atoms with Gasteiger partial charge in [-0.15, -0.1) is 0 Å². The van der Waals surface area contributed by atoms with Crippen LogP contribution in [0, 0.1) is 0 Å². The summed E-state index contributed by atoms with van der Waals surface area (Å²) in [7, 11) is 0. The summed E-state index contributed by atoms with van der Waals surface area (Å²) in [4.78, 5) is 38.1. The van der Waals surface area contributed by atoms with Gasteiger partial charge in [0.25, 0.3) is 0 Å². The van der Waals surface area contributed by atoms with E-state index in [-0.39, 0.29) is 25.0 Å². The smallest absolute Gasteiger partial charge is 0.410 e. The van der Waals surface area contributed by atoms with E-state index in [1.807, 2.05) is 48.5 Å². The van der Waals surface area contributed by atoms with Gasteiger partial charge in [-0.05, 0) is 55.9 Å². The fourth-order valence-corrected chi connectivity index (χ4v) is 4.52. The highest BCUT2D eigenvalue weighted by Crippen LogP contribution is 2.44. The molecule has 8 heteroatoms. The minimum Gasteiger partial charge on any atom is -0.480 e. The minimum atomic E-state index is -1.18. The molecule has 1 saturated heterocycles. The first-order chi connectivity index (χ1) is 16.1. The number of carbonyl (C=O) groups is 3. The summed E-state index contributed by atoms with van der Waals surface area (Å²) in [6, 6.07) is 14.5. The van der Waals surface area contributed by atoms with Crippen LogP contribution in [0.25, 0.3) is 11.1 Å². The van der Waals surface area contributed by atoms with Crippen molar-refractivity contribution in [1.29, 1.82) is 0 Å². The molecule has 34 heavy (non-hydrogen) atoms. The van der Waals surface area contributed by atoms with Gasteiger partial charge < -0.3 is 24.8 Å². The zero-order chi connectivity index (χ0) is 24.5. The molecule has 8 nitrogen and oxygen atoms in total.